The summed E-state index contributed by atoms with van der Waals surface area (Å²) >= 11 is 0. The van der Waals surface area contributed by atoms with Crippen molar-refractivity contribution in [2.24, 2.45) is 5.92 Å². The Morgan fingerprint density at radius 1 is 0.611 bits per heavy atom. The van der Waals surface area contributed by atoms with Crippen LogP contribution in [0.25, 0.3) is 45.0 Å². The normalized spacial score (nSPS) is 20.0. The highest BCUT2D eigenvalue weighted by Gasteiger charge is 2.52. The van der Waals surface area contributed by atoms with Crippen molar-refractivity contribution in [2.45, 2.75) is 24.7 Å². The average molecular weight is 694 g/mol. The lowest BCUT2D eigenvalue weighted by atomic mass is 9.63. The Hall–Kier alpha value is -6.65. The number of hydrogen-bond donors (Lipinski definition) is 0. The fourth-order valence-electron chi connectivity index (χ4n) is 9.21. The Morgan fingerprint density at radius 2 is 1.33 bits per heavy atom. The van der Waals surface area contributed by atoms with Crippen molar-refractivity contribution >= 4 is 11.1 Å². The Bertz CT molecular complexity index is 2730. The van der Waals surface area contributed by atoms with Gasteiger partial charge in [-0.2, -0.15) is 0 Å². The van der Waals surface area contributed by atoms with Gasteiger partial charge in [0.15, 0.2) is 17.5 Å². The van der Waals surface area contributed by atoms with E-state index >= 15 is 0 Å². The third kappa shape index (κ3) is 4.66. The first kappa shape index (κ1) is 30.9. The van der Waals surface area contributed by atoms with Crippen LogP contribution in [0, 0.1) is 5.92 Å². The number of nitrogens with zero attached hydrogens (tertiary/aromatic N) is 3. The molecule has 5 aromatic carbocycles. The van der Waals surface area contributed by atoms with Crippen molar-refractivity contribution in [2.75, 3.05) is 0 Å². The number of ether oxygens (including phenoxy) is 1. The summed E-state index contributed by atoms with van der Waals surface area (Å²) in [4.78, 5) is 15.3. The van der Waals surface area contributed by atoms with Gasteiger partial charge in [-0.1, -0.05) is 152 Å². The molecule has 2 atom stereocenters. The van der Waals surface area contributed by atoms with E-state index in [0.29, 0.717) is 23.4 Å². The van der Waals surface area contributed by atoms with E-state index in [1.165, 1.54) is 39.0 Å². The van der Waals surface area contributed by atoms with Crippen molar-refractivity contribution in [1.82, 2.24) is 15.0 Å². The Kier molecular flexibility index (Phi) is 6.99. The molecular weight excluding hydrogens is 659 g/mol. The molecule has 0 amide bonds. The minimum absolute atomic E-state index is 0.394. The molecular formula is C50H35N3O. The average Bonchev–Trinajstić information content (AvgIpc) is 3.54. The second kappa shape index (κ2) is 12.2. The van der Waals surface area contributed by atoms with Crippen LogP contribution in [-0.2, 0) is 5.41 Å². The second-order valence-corrected chi connectivity index (χ2v) is 14.6. The molecule has 0 saturated carbocycles. The molecule has 1 unspecified atom stereocenters. The summed E-state index contributed by atoms with van der Waals surface area (Å²) in [5.74, 6) is 4.18. The van der Waals surface area contributed by atoms with E-state index in [1.54, 1.807) is 0 Å². The van der Waals surface area contributed by atoms with E-state index in [-0.39, 0.29) is 0 Å². The summed E-state index contributed by atoms with van der Waals surface area (Å²) < 4.78 is 7.00. The van der Waals surface area contributed by atoms with Gasteiger partial charge >= 0.3 is 0 Å². The van der Waals surface area contributed by atoms with Crippen molar-refractivity contribution in [3.63, 3.8) is 0 Å². The van der Waals surface area contributed by atoms with E-state index in [0.717, 1.165) is 58.6 Å². The van der Waals surface area contributed by atoms with Crippen molar-refractivity contribution in [1.29, 1.82) is 0 Å². The van der Waals surface area contributed by atoms with E-state index in [2.05, 4.69) is 152 Å². The van der Waals surface area contributed by atoms with Gasteiger partial charge in [0, 0.05) is 39.3 Å². The maximum absolute atomic E-state index is 7.00. The molecule has 4 aliphatic carbocycles. The van der Waals surface area contributed by atoms with Crippen LogP contribution in [0.4, 0.5) is 0 Å². The van der Waals surface area contributed by atoms with Crippen LogP contribution in [0.15, 0.2) is 181 Å². The van der Waals surface area contributed by atoms with Gasteiger partial charge in [0.2, 0.25) is 0 Å². The molecule has 4 nitrogen and oxygen atoms in total. The van der Waals surface area contributed by atoms with E-state index in [1.807, 2.05) is 18.2 Å². The number of benzene rings is 5. The van der Waals surface area contributed by atoms with Gasteiger partial charge in [-0.3, -0.25) is 0 Å². The van der Waals surface area contributed by atoms with Crippen LogP contribution in [0.5, 0.6) is 11.5 Å². The molecule has 0 fully saturated rings. The highest BCUT2D eigenvalue weighted by Crippen LogP contribution is 2.63. The minimum atomic E-state index is -0.438. The molecule has 2 heterocycles. The minimum Gasteiger partial charge on any atom is -0.456 e. The predicted octanol–water partition coefficient (Wildman–Crippen LogP) is 11.9. The molecule has 0 saturated heterocycles. The van der Waals surface area contributed by atoms with Gasteiger partial charge in [-0.25, -0.2) is 15.0 Å². The monoisotopic (exact) mass is 693 g/mol. The topological polar surface area (TPSA) is 47.9 Å². The van der Waals surface area contributed by atoms with Crippen LogP contribution in [0.2, 0.25) is 0 Å². The maximum Gasteiger partial charge on any atom is 0.164 e. The molecule has 54 heavy (non-hydrogen) atoms. The fourth-order valence-corrected chi connectivity index (χ4v) is 9.21. The van der Waals surface area contributed by atoms with Gasteiger partial charge in [0.1, 0.15) is 11.5 Å². The SMILES string of the molecule is C1=CC2=CC(c3nc(-c4ccccc4)nc(-c4cccc(-c5cccc6c5Oc5ccccc5C65C6=C(C=CCC6)c6ccccc65)c4)n3)=CC[C@@H]2C=C1. The number of fused-ring (bicyclic) bond motifs is 9. The first-order chi connectivity index (χ1) is 26.8. The first-order valence-corrected chi connectivity index (χ1v) is 18.9. The highest BCUT2D eigenvalue weighted by molar-refractivity contribution is 5.93. The summed E-state index contributed by atoms with van der Waals surface area (Å²) in [6.45, 7) is 0. The standard InChI is InChI=1S/C50H35N3O/c1-2-15-33(16-3-1)47-51-48(53-49(52-47)37-29-28-32-14-4-5-17-34(32)30-37)36-19-12-18-35(31-36)38-22-13-26-44-46(38)54-45-27-11-10-25-43(45)50(44)41-23-8-6-20-39(41)40-21-7-9-24-42(40)50/h1-8,10-23,25-27,29-32H,9,24,28H2/t32-,50?/m0/s1. The maximum atomic E-state index is 7.00. The van der Waals surface area contributed by atoms with Crippen molar-refractivity contribution < 1.29 is 4.74 Å². The van der Waals surface area contributed by atoms with E-state index in [4.69, 9.17) is 19.7 Å². The summed E-state index contributed by atoms with van der Waals surface area (Å²) in [6, 6.07) is 43.0. The third-order valence-electron chi connectivity index (χ3n) is 11.6. The third-order valence-corrected chi connectivity index (χ3v) is 11.6. The van der Waals surface area contributed by atoms with Crippen molar-refractivity contribution in [3.05, 3.63) is 209 Å². The molecule has 0 bridgehead atoms. The molecule has 1 aromatic heterocycles. The smallest absolute Gasteiger partial charge is 0.164 e. The van der Waals surface area contributed by atoms with Crippen LogP contribution in [-0.4, -0.2) is 15.0 Å². The van der Waals surface area contributed by atoms with Crippen LogP contribution in [0.3, 0.4) is 0 Å². The molecule has 0 radical (unpaired) electrons. The molecule has 11 rings (SSSR count). The zero-order chi connectivity index (χ0) is 35.6. The molecule has 1 spiro atoms. The van der Waals surface area contributed by atoms with Gasteiger partial charge in [0.05, 0.1) is 5.41 Å². The summed E-state index contributed by atoms with van der Waals surface area (Å²) in [5, 5.41) is 0. The summed E-state index contributed by atoms with van der Waals surface area (Å²) in [6.07, 6.45) is 20.8. The lowest BCUT2D eigenvalue weighted by Crippen LogP contribution is -2.33. The molecule has 256 valence electrons. The van der Waals surface area contributed by atoms with Crippen LogP contribution >= 0.6 is 0 Å². The predicted molar refractivity (Wildman–Crippen MR) is 217 cm³/mol. The molecule has 5 aliphatic rings. The first-order valence-electron chi connectivity index (χ1n) is 18.9. The zero-order valence-corrected chi connectivity index (χ0v) is 29.6. The van der Waals surface area contributed by atoms with Gasteiger partial charge in [-0.15, -0.1) is 0 Å². The summed E-state index contributed by atoms with van der Waals surface area (Å²) in [5.41, 5.74) is 13.7. The summed E-state index contributed by atoms with van der Waals surface area (Å²) in [7, 11) is 0. The van der Waals surface area contributed by atoms with E-state index < -0.39 is 5.41 Å². The lowest BCUT2D eigenvalue weighted by molar-refractivity contribution is 0.433. The molecule has 0 N–H and O–H groups in total. The second-order valence-electron chi connectivity index (χ2n) is 14.6. The number of allylic oxidation sites excluding steroid dienone is 12. The van der Waals surface area contributed by atoms with Gasteiger partial charge in [0.25, 0.3) is 0 Å². The molecule has 1 aliphatic heterocycles. The zero-order valence-electron chi connectivity index (χ0n) is 29.6. The molecule has 6 aromatic rings. The lowest BCUT2D eigenvalue weighted by Gasteiger charge is -2.41. The highest BCUT2D eigenvalue weighted by atomic mass is 16.5. The van der Waals surface area contributed by atoms with Gasteiger partial charge in [-0.05, 0) is 70.9 Å². The van der Waals surface area contributed by atoms with E-state index in [9.17, 15) is 0 Å². The Labute approximate surface area is 315 Å². The molecule has 4 heteroatoms. The quantitative estimate of drug-likeness (QED) is 0.184. The Balaban J connectivity index is 1.08. The number of rotatable bonds is 4. The van der Waals surface area contributed by atoms with Gasteiger partial charge < -0.3 is 4.74 Å². The van der Waals surface area contributed by atoms with Crippen LogP contribution < -0.4 is 4.74 Å². The fraction of sp³-hybridized carbons (Fsp3) is 0.100. The number of para-hydroxylation sites is 2. The Morgan fingerprint density at radius 3 is 2.26 bits per heavy atom. The largest absolute Gasteiger partial charge is 0.456 e. The number of hydrogen-bond acceptors (Lipinski definition) is 4. The van der Waals surface area contributed by atoms with Crippen LogP contribution in [0.1, 0.15) is 47.3 Å². The number of aromatic nitrogens is 3. The van der Waals surface area contributed by atoms with Crippen molar-refractivity contribution in [3.8, 4) is 45.4 Å².